The number of benzene rings is 2. The van der Waals surface area contributed by atoms with Crippen LogP contribution in [0.15, 0.2) is 54.6 Å². The second-order valence-electron chi connectivity index (χ2n) is 5.89. The van der Waals surface area contributed by atoms with Crippen molar-refractivity contribution in [2.75, 3.05) is 23.8 Å². The molecular weight excluding hydrogens is 358 g/mol. The second kappa shape index (κ2) is 10.5. The minimum Gasteiger partial charge on any atom is -0.484 e. The van der Waals surface area contributed by atoms with Gasteiger partial charge in [0.1, 0.15) is 5.75 Å². The summed E-state index contributed by atoms with van der Waals surface area (Å²) in [7, 11) is 0. The first-order valence-electron chi connectivity index (χ1n) is 8.82. The fraction of sp³-hybridized carbons (Fsp3) is 0.190. The Hall–Kier alpha value is -3.61. The highest BCUT2D eigenvalue weighted by Crippen LogP contribution is 2.16. The average Bonchev–Trinajstić information content (AvgIpc) is 2.67. The minimum atomic E-state index is -0.276. The van der Waals surface area contributed by atoms with Gasteiger partial charge in [0.15, 0.2) is 6.61 Å². The van der Waals surface area contributed by atoms with Gasteiger partial charge in [-0.25, -0.2) is 0 Å². The standard InChI is InChI=1S/C21H23N3O4/c1-3-22-21(27)14-28-19-11-9-18(10-12-19)24-20(26)13-6-16-4-7-17(8-5-16)23-15(2)25/h4-13H,3,14H2,1-2H3,(H,22,27)(H,23,25)(H,24,26)/b13-6+. The first kappa shape index (κ1) is 20.7. The van der Waals surface area contributed by atoms with Gasteiger partial charge in [-0.05, 0) is 55.0 Å². The number of nitrogens with one attached hydrogen (secondary N) is 3. The van der Waals surface area contributed by atoms with Crippen LogP contribution in [-0.2, 0) is 14.4 Å². The number of anilines is 2. The van der Waals surface area contributed by atoms with Crippen LogP contribution in [0, 0.1) is 0 Å². The van der Waals surface area contributed by atoms with Crippen LogP contribution in [0.1, 0.15) is 19.4 Å². The molecule has 0 saturated heterocycles. The van der Waals surface area contributed by atoms with Crippen molar-refractivity contribution < 1.29 is 19.1 Å². The number of carbonyl (C=O) groups is 3. The molecule has 146 valence electrons. The fourth-order valence-electron chi connectivity index (χ4n) is 2.27. The first-order chi connectivity index (χ1) is 13.5. The molecular formula is C21H23N3O4. The normalized spacial score (nSPS) is 10.4. The molecule has 0 bridgehead atoms. The Bertz CT molecular complexity index is 843. The SMILES string of the molecule is CCNC(=O)COc1ccc(NC(=O)/C=C/c2ccc(NC(C)=O)cc2)cc1. The van der Waals surface area contributed by atoms with Gasteiger partial charge in [-0.2, -0.15) is 0 Å². The van der Waals surface area contributed by atoms with Crippen LogP contribution in [0.4, 0.5) is 11.4 Å². The van der Waals surface area contributed by atoms with Crippen molar-refractivity contribution in [3.63, 3.8) is 0 Å². The minimum absolute atomic E-state index is 0.0526. The van der Waals surface area contributed by atoms with E-state index in [0.717, 1.165) is 5.56 Å². The van der Waals surface area contributed by atoms with Gasteiger partial charge in [-0.1, -0.05) is 12.1 Å². The molecule has 3 N–H and O–H groups in total. The van der Waals surface area contributed by atoms with Gasteiger partial charge in [0.25, 0.3) is 5.91 Å². The first-order valence-corrected chi connectivity index (χ1v) is 8.82. The molecule has 0 atom stereocenters. The molecule has 0 radical (unpaired) electrons. The lowest BCUT2D eigenvalue weighted by molar-refractivity contribution is -0.123. The van der Waals surface area contributed by atoms with Gasteiger partial charge in [0, 0.05) is 30.9 Å². The zero-order valence-corrected chi connectivity index (χ0v) is 15.8. The van der Waals surface area contributed by atoms with Gasteiger partial charge < -0.3 is 20.7 Å². The van der Waals surface area contributed by atoms with Crippen LogP contribution in [0.25, 0.3) is 6.08 Å². The molecule has 0 aliphatic carbocycles. The van der Waals surface area contributed by atoms with Gasteiger partial charge >= 0.3 is 0 Å². The molecule has 0 aliphatic heterocycles. The van der Waals surface area contributed by atoms with Gasteiger partial charge in [-0.3, -0.25) is 14.4 Å². The number of hydrogen-bond acceptors (Lipinski definition) is 4. The monoisotopic (exact) mass is 381 g/mol. The number of carbonyl (C=O) groups excluding carboxylic acids is 3. The third-order valence-corrected chi connectivity index (χ3v) is 3.52. The van der Waals surface area contributed by atoms with E-state index >= 15 is 0 Å². The average molecular weight is 381 g/mol. The van der Waals surface area contributed by atoms with Crippen molar-refractivity contribution >= 4 is 35.2 Å². The van der Waals surface area contributed by atoms with Gasteiger partial charge in [-0.15, -0.1) is 0 Å². The third kappa shape index (κ3) is 7.33. The highest BCUT2D eigenvalue weighted by Gasteiger charge is 2.02. The molecule has 0 heterocycles. The maximum absolute atomic E-state index is 12.0. The smallest absolute Gasteiger partial charge is 0.257 e. The van der Waals surface area contributed by atoms with Crippen molar-refractivity contribution in [2.24, 2.45) is 0 Å². The van der Waals surface area contributed by atoms with E-state index in [-0.39, 0.29) is 24.3 Å². The molecule has 28 heavy (non-hydrogen) atoms. The van der Waals surface area contributed by atoms with Gasteiger partial charge in [0.05, 0.1) is 0 Å². The van der Waals surface area contributed by atoms with E-state index in [1.54, 1.807) is 54.6 Å². The van der Waals surface area contributed by atoms with Crippen LogP contribution in [-0.4, -0.2) is 30.9 Å². The lowest BCUT2D eigenvalue weighted by atomic mass is 10.2. The molecule has 0 spiro atoms. The van der Waals surface area contributed by atoms with E-state index in [4.69, 9.17) is 4.74 Å². The van der Waals surface area contributed by atoms with Crippen LogP contribution < -0.4 is 20.7 Å². The Morgan fingerprint density at radius 3 is 2.14 bits per heavy atom. The van der Waals surface area contributed by atoms with E-state index in [0.29, 0.717) is 23.7 Å². The highest BCUT2D eigenvalue weighted by atomic mass is 16.5. The lowest BCUT2D eigenvalue weighted by Crippen LogP contribution is -2.28. The molecule has 7 nitrogen and oxygen atoms in total. The highest BCUT2D eigenvalue weighted by molar-refractivity contribution is 6.02. The summed E-state index contributed by atoms with van der Waals surface area (Å²) < 4.78 is 5.35. The van der Waals surface area contributed by atoms with Crippen molar-refractivity contribution in [3.8, 4) is 5.75 Å². The molecule has 3 amide bonds. The van der Waals surface area contributed by atoms with Crippen LogP contribution in [0.3, 0.4) is 0 Å². The topological polar surface area (TPSA) is 96.5 Å². The third-order valence-electron chi connectivity index (χ3n) is 3.52. The Kier molecular flexibility index (Phi) is 7.77. The number of amides is 3. The quantitative estimate of drug-likeness (QED) is 0.613. The summed E-state index contributed by atoms with van der Waals surface area (Å²) in [6.45, 7) is 3.79. The summed E-state index contributed by atoms with van der Waals surface area (Å²) in [5.41, 5.74) is 2.14. The summed E-state index contributed by atoms with van der Waals surface area (Å²) in [5.74, 6) is -0.0561. The zero-order valence-electron chi connectivity index (χ0n) is 15.8. The molecule has 2 aromatic carbocycles. The second-order valence-corrected chi connectivity index (χ2v) is 5.89. The van der Waals surface area contributed by atoms with E-state index < -0.39 is 0 Å². The van der Waals surface area contributed by atoms with E-state index in [1.165, 1.54) is 13.0 Å². The Morgan fingerprint density at radius 1 is 0.929 bits per heavy atom. The number of hydrogen-bond donors (Lipinski definition) is 3. The summed E-state index contributed by atoms with van der Waals surface area (Å²) >= 11 is 0. The van der Waals surface area contributed by atoms with E-state index in [9.17, 15) is 14.4 Å². The predicted octanol–water partition coefficient (Wildman–Crippen LogP) is 2.81. The number of ether oxygens (including phenoxy) is 1. The molecule has 0 unspecified atom stereocenters. The summed E-state index contributed by atoms with van der Waals surface area (Å²) in [4.78, 5) is 34.4. The summed E-state index contributed by atoms with van der Waals surface area (Å²) in [5, 5.41) is 8.07. The Labute approximate surface area is 163 Å². The summed E-state index contributed by atoms with van der Waals surface area (Å²) in [6, 6.07) is 13.9. The lowest BCUT2D eigenvalue weighted by Gasteiger charge is -2.07. The van der Waals surface area contributed by atoms with Crippen molar-refractivity contribution in [2.45, 2.75) is 13.8 Å². The fourth-order valence-corrected chi connectivity index (χ4v) is 2.27. The van der Waals surface area contributed by atoms with Crippen LogP contribution in [0.2, 0.25) is 0 Å². The molecule has 7 heteroatoms. The molecule has 0 aliphatic rings. The van der Waals surface area contributed by atoms with Crippen molar-refractivity contribution in [1.29, 1.82) is 0 Å². The Balaban J connectivity index is 1.84. The molecule has 0 saturated carbocycles. The number of rotatable bonds is 8. The maximum Gasteiger partial charge on any atom is 0.257 e. The molecule has 2 rings (SSSR count). The van der Waals surface area contributed by atoms with Crippen LogP contribution >= 0.6 is 0 Å². The Morgan fingerprint density at radius 2 is 1.54 bits per heavy atom. The van der Waals surface area contributed by atoms with Crippen LogP contribution in [0.5, 0.6) is 5.75 Å². The predicted molar refractivity (Wildman–Crippen MR) is 109 cm³/mol. The van der Waals surface area contributed by atoms with Crippen molar-refractivity contribution in [3.05, 3.63) is 60.2 Å². The van der Waals surface area contributed by atoms with E-state index in [2.05, 4.69) is 16.0 Å². The maximum atomic E-state index is 12.0. The number of likely N-dealkylation sites (N-methyl/N-ethyl adjacent to an activating group) is 1. The molecule has 0 aromatic heterocycles. The summed E-state index contributed by atoms with van der Waals surface area (Å²) in [6.07, 6.45) is 3.10. The van der Waals surface area contributed by atoms with Crippen molar-refractivity contribution in [1.82, 2.24) is 5.32 Å². The molecule has 2 aromatic rings. The molecule has 0 fully saturated rings. The zero-order chi connectivity index (χ0) is 20.4. The van der Waals surface area contributed by atoms with Gasteiger partial charge in [0.2, 0.25) is 11.8 Å². The largest absolute Gasteiger partial charge is 0.484 e. The van der Waals surface area contributed by atoms with E-state index in [1.807, 2.05) is 6.92 Å².